The molecular weight excluding hydrogens is 231 g/mol. The number of benzene rings is 1. The van der Waals surface area contributed by atoms with E-state index in [-0.39, 0.29) is 0 Å². The van der Waals surface area contributed by atoms with Gasteiger partial charge in [-0.2, -0.15) is 5.10 Å². The van der Waals surface area contributed by atoms with Crippen molar-refractivity contribution in [2.45, 2.75) is 13.5 Å². The van der Waals surface area contributed by atoms with Crippen LogP contribution in [0.4, 0.5) is 0 Å². The summed E-state index contributed by atoms with van der Waals surface area (Å²) in [5.74, 6) is 0.464. The van der Waals surface area contributed by atoms with Gasteiger partial charge in [0.1, 0.15) is 5.75 Å². The topological polar surface area (TPSA) is 67.5 Å². The highest BCUT2D eigenvalue weighted by Gasteiger charge is 2.17. The molecule has 94 valence electrons. The van der Waals surface area contributed by atoms with Gasteiger partial charge in [0, 0.05) is 17.4 Å². The Morgan fingerprint density at radius 1 is 1.33 bits per heavy atom. The Labute approximate surface area is 106 Å². The van der Waals surface area contributed by atoms with Gasteiger partial charge in [0.2, 0.25) is 0 Å². The van der Waals surface area contributed by atoms with E-state index in [2.05, 4.69) is 5.10 Å². The normalized spacial score (nSPS) is 10.4. The van der Waals surface area contributed by atoms with Gasteiger partial charge < -0.3 is 14.8 Å². The molecule has 0 aliphatic carbocycles. The quantitative estimate of drug-likeness (QED) is 0.741. The Morgan fingerprint density at radius 2 is 2.11 bits per heavy atom. The van der Waals surface area contributed by atoms with Gasteiger partial charge in [-0.1, -0.05) is 12.1 Å². The maximum atomic E-state index is 9.29. The van der Waals surface area contributed by atoms with Crippen LogP contribution in [-0.2, 0) is 6.54 Å². The molecule has 0 aliphatic heterocycles. The number of ether oxygens (including phenoxy) is 1. The summed E-state index contributed by atoms with van der Waals surface area (Å²) in [5, 5.41) is 22.8. The summed E-state index contributed by atoms with van der Waals surface area (Å²) >= 11 is 0. The smallest absolute Gasteiger partial charge is 0.492 e. The van der Waals surface area contributed by atoms with E-state index in [1.54, 1.807) is 18.3 Å². The third-order valence-electron chi connectivity index (χ3n) is 2.83. The molecule has 0 atom stereocenters. The van der Waals surface area contributed by atoms with Crippen LogP contribution in [0.3, 0.4) is 0 Å². The highest BCUT2D eigenvalue weighted by Crippen LogP contribution is 2.11. The van der Waals surface area contributed by atoms with Gasteiger partial charge in [-0.3, -0.25) is 4.68 Å². The van der Waals surface area contributed by atoms with Crippen molar-refractivity contribution in [3.63, 3.8) is 0 Å². The summed E-state index contributed by atoms with van der Waals surface area (Å²) in [7, 11) is -0.0444. The molecule has 0 saturated heterocycles. The van der Waals surface area contributed by atoms with Crippen LogP contribution in [0.15, 0.2) is 30.5 Å². The molecule has 1 aromatic heterocycles. The molecular formula is C12H15BN2O3. The number of methoxy groups -OCH3 is 1. The van der Waals surface area contributed by atoms with E-state index in [1.807, 2.05) is 23.7 Å². The van der Waals surface area contributed by atoms with Gasteiger partial charge in [-0.15, -0.1) is 0 Å². The minimum Gasteiger partial charge on any atom is -0.497 e. The average molecular weight is 246 g/mol. The number of hydrogen-bond donors (Lipinski definition) is 2. The van der Waals surface area contributed by atoms with E-state index in [0.717, 1.165) is 11.3 Å². The lowest BCUT2D eigenvalue weighted by molar-refractivity contribution is 0.403. The average Bonchev–Trinajstić information content (AvgIpc) is 2.75. The Balaban J connectivity index is 2.30. The van der Waals surface area contributed by atoms with E-state index < -0.39 is 7.12 Å². The van der Waals surface area contributed by atoms with Crippen molar-refractivity contribution in [2.75, 3.05) is 7.11 Å². The summed E-state index contributed by atoms with van der Waals surface area (Å²) in [6, 6.07) is 7.24. The standard InChI is InChI=1S/C12H15BN2O3/c1-9-5-6-14-15(9)8-10-3-4-12(18-2)11(7-10)13(16)17/h3-7,16-17H,8H2,1-2H3. The fraction of sp³-hybridized carbons (Fsp3) is 0.250. The van der Waals surface area contributed by atoms with Crippen molar-refractivity contribution in [2.24, 2.45) is 0 Å². The lowest BCUT2D eigenvalue weighted by Crippen LogP contribution is -2.31. The predicted octanol–water partition coefficient (Wildman–Crippen LogP) is -0.0718. The van der Waals surface area contributed by atoms with Crippen LogP contribution in [0.5, 0.6) is 5.75 Å². The van der Waals surface area contributed by atoms with Crippen molar-refractivity contribution >= 4 is 12.6 Å². The fourth-order valence-electron chi connectivity index (χ4n) is 1.82. The number of aromatic nitrogens is 2. The molecule has 0 radical (unpaired) electrons. The van der Waals surface area contributed by atoms with E-state index in [1.165, 1.54) is 7.11 Å². The van der Waals surface area contributed by atoms with Crippen molar-refractivity contribution < 1.29 is 14.8 Å². The molecule has 0 spiro atoms. The lowest BCUT2D eigenvalue weighted by Gasteiger charge is -2.11. The summed E-state index contributed by atoms with van der Waals surface area (Å²) in [6.07, 6.45) is 1.74. The zero-order valence-corrected chi connectivity index (χ0v) is 10.4. The van der Waals surface area contributed by atoms with Gasteiger partial charge in [-0.25, -0.2) is 0 Å². The maximum absolute atomic E-state index is 9.29. The molecule has 0 saturated carbocycles. The van der Waals surface area contributed by atoms with Crippen molar-refractivity contribution in [1.29, 1.82) is 0 Å². The summed E-state index contributed by atoms with van der Waals surface area (Å²) in [5.41, 5.74) is 2.35. The third kappa shape index (κ3) is 2.55. The van der Waals surface area contributed by atoms with Gasteiger partial charge >= 0.3 is 7.12 Å². The van der Waals surface area contributed by atoms with Gasteiger partial charge in [-0.05, 0) is 24.6 Å². The first kappa shape index (κ1) is 12.7. The molecule has 2 N–H and O–H groups in total. The molecule has 1 heterocycles. The molecule has 0 fully saturated rings. The first-order valence-electron chi connectivity index (χ1n) is 5.63. The third-order valence-corrected chi connectivity index (χ3v) is 2.83. The predicted molar refractivity (Wildman–Crippen MR) is 68.9 cm³/mol. The number of nitrogens with zero attached hydrogens (tertiary/aromatic N) is 2. The van der Waals surface area contributed by atoms with Crippen LogP contribution in [0, 0.1) is 6.92 Å². The molecule has 18 heavy (non-hydrogen) atoms. The minimum absolute atomic E-state index is 0.361. The summed E-state index contributed by atoms with van der Waals surface area (Å²) in [4.78, 5) is 0. The maximum Gasteiger partial charge on any atom is 0.492 e. The van der Waals surface area contributed by atoms with E-state index in [0.29, 0.717) is 17.8 Å². The second kappa shape index (κ2) is 5.24. The van der Waals surface area contributed by atoms with Crippen molar-refractivity contribution in [1.82, 2.24) is 9.78 Å². The monoisotopic (exact) mass is 246 g/mol. The van der Waals surface area contributed by atoms with Crippen molar-refractivity contribution in [3.05, 3.63) is 41.7 Å². The zero-order chi connectivity index (χ0) is 13.1. The molecule has 0 aliphatic rings. The molecule has 0 bridgehead atoms. The molecule has 6 heteroatoms. The highest BCUT2D eigenvalue weighted by atomic mass is 16.5. The fourth-order valence-corrected chi connectivity index (χ4v) is 1.82. The van der Waals surface area contributed by atoms with E-state index in [4.69, 9.17) is 4.74 Å². The Morgan fingerprint density at radius 3 is 2.67 bits per heavy atom. The Hall–Kier alpha value is -1.79. The van der Waals surface area contributed by atoms with Crippen LogP contribution in [0.1, 0.15) is 11.3 Å². The first-order chi connectivity index (χ1) is 8.61. The van der Waals surface area contributed by atoms with Gasteiger partial charge in [0.15, 0.2) is 0 Å². The zero-order valence-electron chi connectivity index (χ0n) is 10.4. The highest BCUT2D eigenvalue weighted by molar-refractivity contribution is 6.59. The second-order valence-electron chi connectivity index (χ2n) is 4.08. The van der Waals surface area contributed by atoms with Crippen LogP contribution in [-0.4, -0.2) is 34.1 Å². The number of aryl methyl sites for hydroxylation is 1. The molecule has 2 aromatic rings. The molecule has 1 aromatic carbocycles. The summed E-state index contributed by atoms with van der Waals surface area (Å²) < 4.78 is 6.92. The van der Waals surface area contributed by atoms with Crippen LogP contribution in [0.25, 0.3) is 0 Å². The second-order valence-corrected chi connectivity index (χ2v) is 4.08. The molecule has 2 rings (SSSR count). The molecule has 0 amide bonds. The minimum atomic E-state index is -1.54. The van der Waals surface area contributed by atoms with E-state index >= 15 is 0 Å². The molecule has 5 nitrogen and oxygen atoms in total. The molecule has 0 unspecified atom stereocenters. The Kier molecular flexibility index (Phi) is 3.69. The Bertz CT molecular complexity index is 540. The first-order valence-corrected chi connectivity index (χ1v) is 5.63. The largest absolute Gasteiger partial charge is 0.497 e. The van der Waals surface area contributed by atoms with Gasteiger partial charge in [0.05, 0.1) is 13.7 Å². The SMILES string of the molecule is COc1ccc(Cn2nccc2C)cc1B(O)O. The van der Waals surface area contributed by atoms with Crippen LogP contribution < -0.4 is 10.2 Å². The summed E-state index contributed by atoms with van der Waals surface area (Å²) in [6.45, 7) is 2.56. The van der Waals surface area contributed by atoms with E-state index in [9.17, 15) is 10.0 Å². The van der Waals surface area contributed by atoms with Crippen LogP contribution in [0.2, 0.25) is 0 Å². The number of rotatable bonds is 4. The van der Waals surface area contributed by atoms with Crippen molar-refractivity contribution in [3.8, 4) is 5.75 Å². The number of hydrogen-bond acceptors (Lipinski definition) is 4. The lowest BCUT2D eigenvalue weighted by atomic mass is 9.78. The van der Waals surface area contributed by atoms with Gasteiger partial charge in [0.25, 0.3) is 0 Å². The van der Waals surface area contributed by atoms with Crippen LogP contribution >= 0.6 is 0 Å².